The fourth-order valence-electron chi connectivity index (χ4n) is 6.64. The summed E-state index contributed by atoms with van der Waals surface area (Å²) in [5.41, 5.74) is 11.4. The number of unbranched alkanes of at least 4 members (excludes halogenated alkanes) is 1. The number of para-hydroxylation sites is 6. The van der Waals surface area contributed by atoms with Crippen molar-refractivity contribution in [3.05, 3.63) is 202 Å². The Morgan fingerprint density at radius 2 is 1.00 bits per heavy atom. The Bertz CT molecular complexity index is 2010. The van der Waals surface area contributed by atoms with Gasteiger partial charge in [-0.1, -0.05) is 77.9 Å². The zero-order valence-corrected chi connectivity index (χ0v) is 31.6. The Hall–Kier alpha value is -5.68. The van der Waals surface area contributed by atoms with E-state index in [4.69, 9.17) is 0 Å². The van der Waals surface area contributed by atoms with Crippen molar-refractivity contribution < 1.29 is 20.1 Å². The molecule has 0 amide bonds. The van der Waals surface area contributed by atoms with Gasteiger partial charge in [0.15, 0.2) is 0 Å². The van der Waals surface area contributed by atoms with E-state index in [-0.39, 0.29) is 20.1 Å². The first kappa shape index (κ1) is 35.7. The summed E-state index contributed by atoms with van der Waals surface area (Å²) in [5.74, 6) is 0. The van der Waals surface area contributed by atoms with Crippen LogP contribution in [0.25, 0.3) is 22.4 Å². The summed E-state index contributed by atoms with van der Waals surface area (Å²) in [6, 6.07) is 65.9. The van der Waals surface area contributed by atoms with Crippen molar-refractivity contribution in [2.45, 2.75) is 12.8 Å². The minimum absolute atomic E-state index is 0. The standard InChI is InChI=1S/C30H26N4.C17H12N.Ir/c1-3-13-25(14-4-1)33-23-31(27-17-7-9-19-29(27)33)21-11-12-22-32-24-34(26-15-5-2-6-16-26)30-20-10-8-18-28(30)32;1-2-6-14(7-3-1)15-9-11-16(12-10-15)17-8-4-5-13-18-17;/h1-10,13,15,17-20,23-24H,11-12,21-22H2;1-11,13H;/q-4;-1;. The Morgan fingerprint density at radius 3 is 1.49 bits per heavy atom. The van der Waals surface area contributed by atoms with E-state index in [9.17, 15) is 0 Å². The molecule has 7 aromatic rings. The van der Waals surface area contributed by atoms with Crippen LogP contribution in [0.5, 0.6) is 0 Å². The van der Waals surface area contributed by atoms with Gasteiger partial charge in [-0.15, -0.1) is 41.2 Å². The maximum absolute atomic E-state index is 4.32. The number of hydrogen-bond donors (Lipinski definition) is 0. The van der Waals surface area contributed by atoms with Crippen molar-refractivity contribution in [3.8, 4) is 22.4 Å². The average molecular weight is 865 g/mol. The van der Waals surface area contributed by atoms with E-state index in [0.717, 1.165) is 48.6 Å². The number of hydrogen-bond acceptors (Lipinski definition) is 5. The molecule has 0 aliphatic carbocycles. The van der Waals surface area contributed by atoms with Gasteiger partial charge in [0.1, 0.15) is 0 Å². The van der Waals surface area contributed by atoms with E-state index < -0.39 is 0 Å². The molecule has 0 saturated carbocycles. The summed E-state index contributed by atoms with van der Waals surface area (Å²) in [6.45, 7) is 6.37. The molecule has 0 spiro atoms. The third kappa shape index (κ3) is 8.20. The van der Waals surface area contributed by atoms with Crippen LogP contribution in [0.2, 0.25) is 0 Å². The summed E-state index contributed by atoms with van der Waals surface area (Å²) >= 11 is 0. The molecule has 0 unspecified atom stereocenters. The van der Waals surface area contributed by atoms with Gasteiger partial charge in [0, 0.05) is 49.1 Å². The van der Waals surface area contributed by atoms with Crippen LogP contribution >= 0.6 is 0 Å². The van der Waals surface area contributed by atoms with E-state index in [1.54, 1.807) is 6.20 Å². The smallest absolute Gasteiger partial charge is 0.0326 e. The first-order chi connectivity index (χ1) is 25.8. The summed E-state index contributed by atoms with van der Waals surface area (Å²) in [4.78, 5) is 13.5. The van der Waals surface area contributed by atoms with Crippen molar-refractivity contribution in [3.63, 3.8) is 0 Å². The van der Waals surface area contributed by atoms with Gasteiger partial charge in [0.05, 0.1) is 0 Å². The number of pyridine rings is 1. The fraction of sp³-hybridized carbons (Fsp3) is 0.0851. The summed E-state index contributed by atoms with van der Waals surface area (Å²) in [5, 5.41) is 0. The Morgan fingerprint density at radius 1 is 0.472 bits per heavy atom. The number of aromatic nitrogens is 1. The molecule has 1 aromatic heterocycles. The molecule has 6 aromatic carbocycles. The van der Waals surface area contributed by atoms with Crippen molar-refractivity contribution in [1.82, 2.24) is 4.98 Å². The Kier molecular flexibility index (Phi) is 11.6. The second-order valence-corrected chi connectivity index (χ2v) is 12.6. The van der Waals surface area contributed by atoms with Crippen LogP contribution in [-0.4, -0.2) is 18.1 Å². The van der Waals surface area contributed by atoms with Crippen LogP contribution in [0, 0.1) is 31.5 Å². The first-order valence-electron chi connectivity index (χ1n) is 17.7. The molecule has 0 atom stereocenters. The number of rotatable bonds is 9. The molecule has 9 rings (SSSR count). The van der Waals surface area contributed by atoms with Crippen molar-refractivity contribution in [2.75, 3.05) is 32.7 Å². The maximum atomic E-state index is 4.32. The molecule has 0 N–H and O–H groups in total. The van der Waals surface area contributed by atoms with E-state index in [0.29, 0.717) is 0 Å². The average Bonchev–Trinajstić information content (AvgIpc) is 3.80. The molecular formula is C47H38IrN5-5. The second kappa shape index (κ2) is 17.2. The van der Waals surface area contributed by atoms with Gasteiger partial charge in [-0.05, 0) is 62.0 Å². The van der Waals surface area contributed by atoms with Crippen molar-refractivity contribution in [1.29, 1.82) is 0 Å². The molecule has 5 nitrogen and oxygen atoms in total. The molecule has 2 aliphatic rings. The zero-order valence-electron chi connectivity index (χ0n) is 29.2. The van der Waals surface area contributed by atoms with Gasteiger partial charge in [-0.2, -0.15) is 74.0 Å². The van der Waals surface area contributed by atoms with Gasteiger partial charge in [-0.25, -0.2) is 0 Å². The summed E-state index contributed by atoms with van der Waals surface area (Å²) < 4.78 is 0. The van der Waals surface area contributed by atoms with Crippen molar-refractivity contribution >= 4 is 34.1 Å². The Labute approximate surface area is 327 Å². The maximum Gasteiger partial charge on any atom is 0.0326 e. The normalized spacial score (nSPS) is 12.8. The number of benzene rings is 6. The molecular weight excluding hydrogens is 827 g/mol. The first-order valence-corrected chi connectivity index (χ1v) is 17.7. The van der Waals surface area contributed by atoms with Crippen LogP contribution in [0.3, 0.4) is 0 Å². The quantitative estimate of drug-likeness (QED) is 0.106. The molecule has 0 saturated heterocycles. The van der Waals surface area contributed by atoms with Crippen molar-refractivity contribution in [2.24, 2.45) is 0 Å². The predicted octanol–water partition coefficient (Wildman–Crippen LogP) is 11.1. The topological polar surface area (TPSA) is 25.9 Å². The van der Waals surface area contributed by atoms with Gasteiger partial charge in [-0.3, -0.25) is 0 Å². The molecule has 1 radical (unpaired) electrons. The molecule has 0 fully saturated rings. The molecule has 53 heavy (non-hydrogen) atoms. The van der Waals surface area contributed by atoms with Gasteiger partial charge in [0.2, 0.25) is 0 Å². The second-order valence-electron chi connectivity index (χ2n) is 12.6. The molecule has 265 valence electrons. The van der Waals surface area contributed by atoms with Crippen LogP contribution < -0.4 is 19.6 Å². The molecule has 2 aliphatic heterocycles. The molecule has 6 heteroatoms. The fourth-order valence-corrected chi connectivity index (χ4v) is 6.64. The van der Waals surface area contributed by atoms with Gasteiger partial charge < -0.3 is 24.6 Å². The van der Waals surface area contributed by atoms with E-state index >= 15 is 0 Å². The predicted molar refractivity (Wildman–Crippen MR) is 214 cm³/mol. The van der Waals surface area contributed by atoms with E-state index in [1.807, 2.05) is 66.7 Å². The van der Waals surface area contributed by atoms with Gasteiger partial charge >= 0.3 is 0 Å². The summed E-state index contributed by atoms with van der Waals surface area (Å²) in [6.07, 6.45) is 4.00. The van der Waals surface area contributed by atoms with Crippen LogP contribution in [0.4, 0.5) is 34.1 Å². The Balaban J connectivity index is 0.000000194. The largest absolute Gasteiger partial charge is 0.501 e. The van der Waals surface area contributed by atoms with Crippen LogP contribution in [-0.2, 0) is 20.1 Å². The summed E-state index contributed by atoms with van der Waals surface area (Å²) in [7, 11) is 0. The zero-order chi connectivity index (χ0) is 35.0. The molecule has 3 heterocycles. The minimum Gasteiger partial charge on any atom is -0.501 e. The monoisotopic (exact) mass is 865 g/mol. The van der Waals surface area contributed by atoms with Gasteiger partial charge in [0.25, 0.3) is 0 Å². The number of fused-ring (bicyclic) bond motifs is 2. The third-order valence-electron chi connectivity index (χ3n) is 9.22. The van der Waals surface area contributed by atoms with E-state index in [1.165, 1.54) is 33.9 Å². The van der Waals surface area contributed by atoms with Crippen LogP contribution in [0.1, 0.15) is 12.8 Å². The minimum atomic E-state index is 0. The SMILES string of the molecule is [Ir].[c-]1cc(-c2ccccc2)ccc1-c1ccccn1.[c-]1ccccc1N1[CH-]N(CCCCN2[CH-]N(c3[c-]cccc3)c3ccccc32)c2ccccc21. The molecule has 0 bridgehead atoms. The third-order valence-corrected chi connectivity index (χ3v) is 9.22. The number of nitrogens with zero attached hydrogens (tertiary/aromatic N) is 5. The van der Waals surface area contributed by atoms with E-state index in [2.05, 4.69) is 153 Å². The van der Waals surface area contributed by atoms with Crippen LogP contribution in [0.15, 0.2) is 170 Å². The number of anilines is 6.